The first-order chi connectivity index (χ1) is 9.76. The number of pyridine rings is 1. The van der Waals surface area contributed by atoms with Crippen molar-refractivity contribution in [2.45, 2.75) is 13.3 Å². The van der Waals surface area contributed by atoms with E-state index in [9.17, 15) is 0 Å². The van der Waals surface area contributed by atoms with Gasteiger partial charge in [0.25, 0.3) is 5.89 Å². The van der Waals surface area contributed by atoms with E-state index in [-0.39, 0.29) is 0 Å². The highest BCUT2D eigenvalue weighted by molar-refractivity contribution is 7.09. The molecule has 0 amide bonds. The first-order valence-electron chi connectivity index (χ1n) is 6.18. The standard InChI is InChI=1S/C13H13N5OS/c1-8-3-5-15-9(6-8)12-17-13(19-18-12)10-7-20-11(16-10)2-4-14/h3,5-7H,2,4,14H2,1H3. The molecular formula is C13H13N5OS. The molecule has 20 heavy (non-hydrogen) atoms. The Morgan fingerprint density at radius 3 is 3.00 bits per heavy atom. The molecule has 0 spiro atoms. The second-order valence-corrected chi connectivity index (χ2v) is 5.25. The second-order valence-electron chi connectivity index (χ2n) is 4.31. The predicted octanol–water partition coefficient (Wildman–Crippen LogP) is 2.06. The first kappa shape index (κ1) is 12.9. The van der Waals surface area contributed by atoms with Crippen molar-refractivity contribution >= 4 is 11.3 Å². The Morgan fingerprint density at radius 2 is 2.20 bits per heavy atom. The summed E-state index contributed by atoms with van der Waals surface area (Å²) in [6.07, 6.45) is 2.48. The SMILES string of the molecule is Cc1ccnc(-c2noc(-c3csc(CCN)n3)n2)c1. The molecule has 0 atom stereocenters. The lowest BCUT2D eigenvalue weighted by molar-refractivity contribution is 0.431. The summed E-state index contributed by atoms with van der Waals surface area (Å²) in [7, 11) is 0. The summed E-state index contributed by atoms with van der Waals surface area (Å²) in [5, 5.41) is 6.81. The van der Waals surface area contributed by atoms with Crippen molar-refractivity contribution in [3.8, 4) is 23.1 Å². The van der Waals surface area contributed by atoms with E-state index in [4.69, 9.17) is 10.3 Å². The van der Waals surface area contributed by atoms with E-state index < -0.39 is 0 Å². The highest BCUT2D eigenvalue weighted by atomic mass is 32.1. The minimum atomic E-state index is 0.405. The Kier molecular flexibility index (Phi) is 3.53. The molecule has 6 nitrogen and oxygen atoms in total. The number of hydrogen-bond donors (Lipinski definition) is 1. The van der Waals surface area contributed by atoms with Crippen LogP contribution in [0, 0.1) is 6.92 Å². The molecule has 3 aromatic rings. The molecule has 0 aromatic carbocycles. The number of rotatable bonds is 4. The summed E-state index contributed by atoms with van der Waals surface area (Å²) in [6, 6.07) is 3.83. The third kappa shape index (κ3) is 2.59. The van der Waals surface area contributed by atoms with Gasteiger partial charge in [0.1, 0.15) is 11.4 Å². The van der Waals surface area contributed by atoms with Crippen LogP contribution in [-0.4, -0.2) is 26.7 Å². The van der Waals surface area contributed by atoms with Crippen LogP contribution in [0.1, 0.15) is 10.6 Å². The maximum atomic E-state index is 5.51. The predicted molar refractivity (Wildman–Crippen MR) is 76.1 cm³/mol. The van der Waals surface area contributed by atoms with E-state index in [2.05, 4.69) is 20.1 Å². The van der Waals surface area contributed by atoms with Gasteiger partial charge >= 0.3 is 0 Å². The highest BCUT2D eigenvalue weighted by Gasteiger charge is 2.14. The Labute approximate surface area is 119 Å². The summed E-state index contributed by atoms with van der Waals surface area (Å²) in [6.45, 7) is 2.57. The van der Waals surface area contributed by atoms with Crippen LogP contribution in [0.2, 0.25) is 0 Å². The van der Waals surface area contributed by atoms with Gasteiger partial charge in [0.2, 0.25) is 5.82 Å². The molecule has 0 aliphatic carbocycles. The minimum Gasteiger partial charge on any atom is -0.332 e. The lowest BCUT2D eigenvalue weighted by atomic mass is 10.2. The van der Waals surface area contributed by atoms with Crippen molar-refractivity contribution in [1.29, 1.82) is 0 Å². The van der Waals surface area contributed by atoms with E-state index >= 15 is 0 Å². The van der Waals surface area contributed by atoms with Gasteiger partial charge in [-0.3, -0.25) is 4.98 Å². The molecule has 102 valence electrons. The van der Waals surface area contributed by atoms with E-state index in [1.807, 2.05) is 24.4 Å². The fourth-order valence-electron chi connectivity index (χ4n) is 1.74. The molecule has 0 saturated heterocycles. The van der Waals surface area contributed by atoms with E-state index in [1.165, 1.54) is 0 Å². The van der Waals surface area contributed by atoms with Crippen LogP contribution in [0.3, 0.4) is 0 Å². The number of thiazole rings is 1. The van der Waals surface area contributed by atoms with E-state index in [1.54, 1.807) is 17.5 Å². The second kappa shape index (κ2) is 5.48. The van der Waals surface area contributed by atoms with Gasteiger partial charge in [0.05, 0.1) is 5.01 Å². The fraction of sp³-hybridized carbons (Fsp3) is 0.231. The van der Waals surface area contributed by atoms with Gasteiger partial charge in [-0.25, -0.2) is 4.98 Å². The fourth-order valence-corrected chi connectivity index (χ4v) is 2.53. The zero-order valence-corrected chi connectivity index (χ0v) is 11.7. The van der Waals surface area contributed by atoms with Crippen LogP contribution >= 0.6 is 11.3 Å². The monoisotopic (exact) mass is 287 g/mol. The molecule has 3 rings (SSSR count). The zero-order valence-electron chi connectivity index (χ0n) is 10.9. The Morgan fingerprint density at radius 1 is 1.30 bits per heavy atom. The smallest absolute Gasteiger partial charge is 0.277 e. The summed E-state index contributed by atoms with van der Waals surface area (Å²) in [5.41, 5.74) is 7.98. The summed E-state index contributed by atoms with van der Waals surface area (Å²) < 4.78 is 5.25. The number of aryl methyl sites for hydroxylation is 1. The summed E-state index contributed by atoms with van der Waals surface area (Å²) in [5.74, 6) is 0.875. The largest absolute Gasteiger partial charge is 0.332 e. The van der Waals surface area contributed by atoms with E-state index in [0.717, 1.165) is 17.0 Å². The molecule has 0 saturated carbocycles. The number of aromatic nitrogens is 4. The third-order valence-corrected chi connectivity index (χ3v) is 3.61. The third-order valence-electron chi connectivity index (χ3n) is 2.70. The average Bonchev–Trinajstić information content (AvgIpc) is 3.07. The van der Waals surface area contributed by atoms with Gasteiger partial charge in [-0.15, -0.1) is 11.3 Å². The normalized spacial score (nSPS) is 10.9. The molecule has 0 aliphatic heterocycles. The van der Waals surface area contributed by atoms with Gasteiger partial charge < -0.3 is 10.3 Å². The van der Waals surface area contributed by atoms with Gasteiger partial charge in [-0.05, 0) is 31.2 Å². The maximum Gasteiger partial charge on any atom is 0.277 e. The number of nitrogens with zero attached hydrogens (tertiary/aromatic N) is 4. The zero-order chi connectivity index (χ0) is 13.9. The van der Waals surface area contributed by atoms with Crippen molar-refractivity contribution in [2.75, 3.05) is 6.54 Å². The van der Waals surface area contributed by atoms with Crippen LogP contribution in [0.25, 0.3) is 23.1 Å². The molecular weight excluding hydrogens is 274 g/mol. The van der Waals surface area contributed by atoms with Gasteiger partial charge in [0.15, 0.2) is 0 Å². The van der Waals surface area contributed by atoms with Crippen molar-refractivity contribution in [2.24, 2.45) is 5.73 Å². The Balaban J connectivity index is 1.89. The summed E-state index contributed by atoms with van der Waals surface area (Å²) >= 11 is 1.54. The van der Waals surface area contributed by atoms with Gasteiger partial charge in [-0.2, -0.15) is 4.98 Å². The molecule has 0 bridgehead atoms. The van der Waals surface area contributed by atoms with Crippen LogP contribution in [-0.2, 0) is 6.42 Å². The molecule has 0 fully saturated rings. The molecule has 3 aromatic heterocycles. The highest BCUT2D eigenvalue weighted by Crippen LogP contribution is 2.23. The molecule has 0 radical (unpaired) electrons. The van der Waals surface area contributed by atoms with Crippen LogP contribution in [0.4, 0.5) is 0 Å². The molecule has 0 aliphatic rings. The number of hydrogen-bond acceptors (Lipinski definition) is 7. The van der Waals surface area contributed by atoms with Gasteiger partial charge in [-0.1, -0.05) is 5.16 Å². The average molecular weight is 287 g/mol. The van der Waals surface area contributed by atoms with Crippen LogP contribution < -0.4 is 5.73 Å². The van der Waals surface area contributed by atoms with E-state index in [0.29, 0.717) is 29.6 Å². The van der Waals surface area contributed by atoms with Crippen LogP contribution in [0.15, 0.2) is 28.2 Å². The lowest BCUT2D eigenvalue weighted by Crippen LogP contribution is -2.01. The Bertz CT molecular complexity index is 721. The molecule has 0 unspecified atom stereocenters. The quantitative estimate of drug-likeness (QED) is 0.790. The van der Waals surface area contributed by atoms with Gasteiger partial charge in [0, 0.05) is 18.0 Å². The summed E-state index contributed by atoms with van der Waals surface area (Å²) in [4.78, 5) is 13.0. The minimum absolute atomic E-state index is 0.405. The van der Waals surface area contributed by atoms with Crippen molar-refractivity contribution < 1.29 is 4.52 Å². The maximum absolute atomic E-state index is 5.51. The van der Waals surface area contributed by atoms with Crippen molar-refractivity contribution in [3.63, 3.8) is 0 Å². The molecule has 7 heteroatoms. The molecule has 3 heterocycles. The van der Waals surface area contributed by atoms with Crippen molar-refractivity contribution in [3.05, 3.63) is 34.3 Å². The Hall–Kier alpha value is -2.12. The lowest BCUT2D eigenvalue weighted by Gasteiger charge is -1.93. The topological polar surface area (TPSA) is 90.7 Å². The molecule has 2 N–H and O–H groups in total. The first-order valence-corrected chi connectivity index (χ1v) is 7.06. The van der Waals surface area contributed by atoms with Crippen molar-refractivity contribution in [1.82, 2.24) is 20.1 Å². The van der Waals surface area contributed by atoms with Crippen LogP contribution in [0.5, 0.6) is 0 Å². The number of nitrogens with two attached hydrogens (primary N) is 1.